The highest BCUT2D eigenvalue weighted by Crippen LogP contribution is 2.16. The smallest absolute Gasteiger partial charge is 0.306 e. The zero-order valence-corrected chi connectivity index (χ0v) is 44.4. The molecule has 0 saturated heterocycles. The second kappa shape index (κ2) is 55.7. The fourth-order valence-corrected chi connectivity index (χ4v) is 8.19. The molecule has 0 saturated carbocycles. The third kappa shape index (κ3) is 53.9. The summed E-state index contributed by atoms with van der Waals surface area (Å²) in [5, 5.41) is 0. The highest BCUT2D eigenvalue weighted by atomic mass is 16.6. The highest BCUT2D eigenvalue weighted by Gasteiger charge is 2.19. The van der Waals surface area contributed by atoms with Crippen molar-refractivity contribution < 1.29 is 28.6 Å². The quantitative estimate of drug-likeness (QED) is 0.0262. The predicted molar refractivity (Wildman–Crippen MR) is 288 cm³/mol. The summed E-state index contributed by atoms with van der Waals surface area (Å²) in [6, 6.07) is 0. The summed E-state index contributed by atoms with van der Waals surface area (Å²) in [6.07, 6.45) is 69.2. The summed E-state index contributed by atoms with van der Waals surface area (Å²) in [4.78, 5) is 38.2. The Hall–Kier alpha value is -2.89. The maximum Gasteiger partial charge on any atom is 0.306 e. The molecule has 0 aliphatic carbocycles. The van der Waals surface area contributed by atoms with Crippen LogP contribution in [-0.2, 0) is 28.6 Å². The molecule has 0 spiro atoms. The molecule has 0 radical (unpaired) electrons. The van der Waals surface area contributed by atoms with E-state index in [0.717, 1.165) is 109 Å². The molecule has 388 valence electrons. The van der Waals surface area contributed by atoms with E-state index in [0.29, 0.717) is 19.3 Å². The predicted octanol–water partition coefficient (Wildman–Crippen LogP) is 19.2. The standard InChI is InChI=1S/C61H108O6/c1-4-7-10-13-16-19-22-25-28-30-33-36-39-42-45-48-51-54-60(63)66-57-58(56-65-59(62)53-50-47-44-41-38-35-32-27-24-21-18-15-12-9-6-3)67-61(64)55-52-49-46-43-40-37-34-31-29-26-23-20-17-14-11-8-5-2/h9,12,17-18,20-21,26-27,29,32,58H,4-8,10-11,13-16,19,22-25,28,30-31,33-57H2,1-3H3/b12-9-,20-17-,21-18-,29-26-,32-27-/t58-/m1/s1. The van der Waals surface area contributed by atoms with E-state index >= 15 is 0 Å². The number of allylic oxidation sites excluding steroid dienone is 10. The maximum absolute atomic E-state index is 12.9. The lowest BCUT2D eigenvalue weighted by Gasteiger charge is -2.18. The van der Waals surface area contributed by atoms with Crippen molar-refractivity contribution in [3.05, 3.63) is 60.8 Å². The first-order chi connectivity index (χ1) is 33.0. The number of esters is 3. The molecule has 0 aliphatic rings. The Kier molecular flexibility index (Phi) is 53.3. The van der Waals surface area contributed by atoms with Crippen LogP contribution >= 0.6 is 0 Å². The summed E-state index contributed by atoms with van der Waals surface area (Å²) in [5.41, 5.74) is 0. The molecule has 0 unspecified atom stereocenters. The largest absolute Gasteiger partial charge is 0.462 e. The van der Waals surface area contributed by atoms with Gasteiger partial charge >= 0.3 is 17.9 Å². The SMILES string of the molecule is CC/C=C\C/C=C\C/C=C\CCCCCCCC(=O)OC[C@H](COC(=O)CCCCCCCCCCCCCCCCCCC)OC(=O)CCCCCCCCC/C=C\C/C=C\CCCCC. The summed E-state index contributed by atoms with van der Waals surface area (Å²) in [7, 11) is 0. The van der Waals surface area contributed by atoms with Gasteiger partial charge in [-0.1, -0.05) is 248 Å². The van der Waals surface area contributed by atoms with E-state index in [1.54, 1.807) is 0 Å². The Balaban J connectivity index is 4.39. The first-order valence-corrected chi connectivity index (χ1v) is 28.8. The van der Waals surface area contributed by atoms with Crippen LogP contribution in [0, 0.1) is 0 Å². The van der Waals surface area contributed by atoms with E-state index in [4.69, 9.17) is 14.2 Å². The molecule has 0 aromatic carbocycles. The van der Waals surface area contributed by atoms with E-state index in [1.165, 1.54) is 141 Å². The molecule has 67 heavy (non-hydrogen) atoms. The van der Waals surface area contributed by atoms with E-state index < -0.39 is 6.10 Å². The summed E-state index contributed by atoms with van der Waals surface area (Å²) in [6.45, 7) is 6.51. The first kappa shape index (κ1) is 64.1. The number of carbonyl (C=O) groups is 3. The Labute approximate surface area is 415 Å². The Morgan fingerprint density at radius 2 is 0.582 bits per heavy atom. The zero-order chi connectivity index (χ0) is 48.6. The van der Waals surface area contributed by atoms with Crippen molar-refractivity contribution in [3.63, 3.8) is 0 Å². The minimum absolute atomic E-state index is 0.0806. The normalized spacial score (nSPS) is 12.5. The number of hydrogen-bond acceptors (Lipinski definition) is 6. The van der Waals surface area contributed by atoms with E-state index in [1.807, 2.05) is 0 Å². The lowest BCUT2D eigenvalue weighted by Crippen LogP contribution is -2.30. The van der Waals surface area contributed by atoms with Gasteiger partial charge in [-0.15, -0.1) is 0 Å². The molecule has 0 bridgehead atoms. The van der Waals surface area contributed by atoms with Crippen LogP contribution in [0.1, 0.15) is 290 Å². The molecular formula is C61H108O6. The third-order valence-electron chi connectivity index (χ3n) is 12.5. The topological polar surface area (TPSA) is 78.9 Å². The van der Waals surface area contributed by atoms with Gasteiger partial charge in [0.05, 0.1) is 0 Å². The Morgan fingerprint density at radius 1 is 0.313 bits per heavy atom. The van der Waals surface area contributed by atoms with Crippen LogP contribution in [0.25, 0.3) is 0 Å². The van der Waals surface area contributed by atoms with Crippen LogP contribution in [-0.4, -0.2) is 37.2 Å². The molecule has 0 aliphatic heterocycles. The van der Waals surface area contributed by atoms with Gasteiger partial charge in [0.2, 0.25) is 0 Å². The van der Waals surface area contributed by atoms with Crippen molar-refractivity contribution in [2.24, 2.45) is 0 Å². The van der Waals surface area contributed by atoms with E-state index in [-0.39, 0.29) is 31.1 Å². The van der Waals surface area contributed by atoms with Gasteiger partial charge in [0.25, 0.3) is 0 Å². The molecule has 0 aromatic heterocycles. The van der Waals surface area contributed by atoms with Crippen molar-refractivity contribution in [2.45, 2.75) is 297 Å². The number of unbranched alkanes of at least 4 members (excludes halogenated alkanes) is 31. The molecular weight excluding hydrogens is 829 g/mol. The van der Waals surface area contributed by atoms with Crippen LogP contribution < -0.4 is 0 Å². The zero-order valence-electron chi connectivity index (χ0n) is 44.4. The second-order valence-corrected chi connectivity index (χ2v) is 19.2. The van der Waals surface area contributed by atoms with Gasteiger partial charge in [0.15, 0.2) is 6.10 Å². The molecule has 0 heterocycles. The average Bonchev–Trinajstić information content (AvgIpc) is 3.33. The molecule has 0 aromatic rings. The first-order valence-electron chi connectivity index (χ1n) is 28.8. The number of hydrogen-bond donors (Lipinski definition) is 0. The van der Waals surface area contributed by atoms with Gasteiger partial charge in [-0.05, 0) is 83.5 Å². The van der Waals surface area contributed by atoms with Crippen LogP contribution in [0.5, 0.6) is 0 Å². The monoisotopic (exact) mass is 937 g/mol. The lowest BCUT2D eigenvalue weighted by atomic mass is 10.0. The van der Waals surface area contributed by atoms with Crippen LogP contribution in [0.3, 0.4) is 0 Å². The molecule has 6 nitrogen and oxygen atoms in total. The van der Waals surface area contributed by atoms with Gasteiger partial charge in [0.1, 0.15) is 13.2 Å². The van der Waals surface area contributed by atoms with Gasteiger partial charge in [-0.2, -0.15) is 0 Å². The van der Waals surface area contributed by atoms with Gasteiger partial charge < -0.3 is 14.2 Å². The number of ether oxygens (including phenoxy) is 3. The van der Waals surface area contributed by atoms with E-state index in [9.17, 15) is 14.4 Å². The molecule has 0 rings (SSSR count). The molecule has 0 fully saturated rings. The van der Waals surface area contributed by atoms with E-state index in [2.05, 4.69) is 81.5 Å². The fraction of sp³-hybridized carbons (Fsp3) is 0.787. The summed E-state index contributed by atoms with van der Waals surface area (Å²) >= 11 is 0. The second-order valence-electron chi connectivity index (χ2n) is 19.2. The maximum atomic E-state index is 12.9. The number of carbonyl (C=O) groups excluding carboxylic acids is 3. The molecule has 0 amide bonds. The highest BCUT2D eigenvalue weighted by molar-refractivity contribution is 5.71. The van der Waals surface area contributed by atoms with Crippen molar-refractivity contribution >= 4 is 17.9 Å². The van der Waals surface area contributed by atoms with Crippen LogP contribution in [0.4, 0.5) is 0 Å². The van der Waals surface area contributed by atoms with Gasteiger partial charge in [-0.25, -0.2) is 0 Å². The minimum Gasteiger partial charge on any atom is -0.462 e. The Bertz CT molecular complexity index is 1210. The lowest BCUT2D eigenvalue weighted by molar-refractivity contribution is -0.167. The minimum atomic E-state index is -0.784. The molecule has 1 atom stereocenters. The van der Waals surface area contributed by atoms with Crippen LogP contribution in [0.15, 0.2) is 60.8 Å². The van der Waals surface area contributed by atoms with Gasteiger partial charge in [-0.3, -0.25) is 14.4 Å². The molecule has 6 heteroatoms. The van der Waals surface area contributed by atoms with Gasteiger partial charge in [0, 0.05) is 19.3 Å². The third-order valence-corrected chi connectivity index (χ3v) is 12.5. The van der Waals surface area contributed by atoms with Crippen molar-refractivity contribution in [1.29, 1.82) is 0 Å². The van der Waals surface area contributed by atoms with Crippen molar-refractivity contribution in [1.82, 2.24) is 0 Å². The molecule has 0 N–H and O–H groups in total. The average molecular weight is 938 g/mol. The summed E-state index contributed by atoms with van der Waals surface area (Å²) in [5.74, 6) is -0.894. The summed E-state index contributed by atoms with van der Waals surface area (Å²) < 4.78 is 16.9. The fourth-order valence-electron chi connectivity index (χ4n) is 8.19. The van der Waals surface area contributed by atoms with Crippen LogP contribution in [0.2, 0.25) is 0 Å². The van der Waals surface area contributed by atoms with Crippen molar-refractivity contribution in [2.75, 3.05) is 13.2 Å². The number of rotatable bonds is 52. The Morgan fingerprint density at radius 3 is 0.940 bits per heavy atom. The van der Waals surface area contributed by atoms with Crippen molar-refractivity contribution in [3.8, 4) is 0 Å².